The van der Waals surface area contributed by atoms with Gasteiger partial charge in [0.05, 0.1) is 4.90 Å². The van der Waals surface area contributed by atoms with E-state index in [0.717, 1.165) is 11.1 Å². The fraction of sp³-hybridized carbons (Fsp3) is 0.250. The molecule has 22 heavy (non-hydrogen) atoms. The Morgan fingerprint density at radius 2 is 1.86 bits per heavy atom. The van der Waals surface area contributed by atoms with E-state index in [1.807, 2.05) is 13.0 Å². The molecule has 0 atom stereocenters. The Bertz CT molecular complexity index is 773. The average molecular weight is 322 g/mol. The van der Waals surface area contributed by atoms with Gasteiger partial charge in [-0.05, 0) is 42.3 Å². The second kappa shape index (κ2) is 6.46. The molecule has 0 saturated heterocycles. The van der Waals surface area contributed by atoms with Crippen molar-refractivity contribution in [2.24, 2.45) is 0 Å². The monoisotopic (exact) mass is 322 g/mol. The van der Waals surface area contributed by atoms with Crippen molar-refractivity contribution in [1.29, 1.82) is 0 Å². The fourth-order valence-electron chi connectivity index (χ4n) is 2.01. The molecule has 0 aromatic heterocycles. The molecule has 0 bridgehead atoms. The van der Waals surface area contributed by atoms with Crippen LogP contribution in [-0.4, -0.2) is 26.8 Å². The molecule has 0 spiro atoms. The lowest BCUT2D eigenvalue weighted by atomic mass is 10.1. The highest BCUT2D eigenvalue weighted by atomic mass is 32.2. The van der Waals surface area contributed by atoms with Crippen LogP contribution in [0.3, 0.4) is 0 Å². The Morgan fingerprint density at radius 3 is 2.55 bits per heavy atom. The number of hydrogen-bond acceptors (Lipinski definition) is 3. The topological polar surface area (TPSA) is 49.4 Å². The SMILES string of the molecule is Cc1ccc(F)cc1NCc1cccc(S(=O)(=O)N(C)C)c1. The van der Waals surface area contributed by atoms with Crippen LogP contribution in [0.4, 0.5) is 10.1 Å². The van der Waals surface area contributed by atoms with Crippen molar-refractivity contribution in [3.63, 3.8) is 0 Å². The van der Waals surface area contributed by atoms with Crippen molar-refractivity contribution in [3.8, 4) is 0 Å². The minimum atomic E-state index is -3.45. The van der Waals surface area contributed by atoms with Gasteiger partial charge in [-0.3, -0.25) is 0 Å². The van der Waals surface area contributed by atoms with Crippen molar-refractivity contribution in [2.45, 2.75) is 18.4 Å². The van der Waals surface area contributed by atoms with E-state index in [-0.39, 0.29) is 10.7 Å². The van der Waals surface area contributed by atoms with Crippen LogP contribution in [-0.2, 0) is 16.6 Å². The minimum Gasteiger partial charge on any atom is -0.381 e. The number of nitrogens with one attached hydrogen (secondary N) is 1. The highest BCUT2D eigenvalue weighted by molar-refractivity contribution is 7.89. The zero-order valence-electron chi connectivity index (χ0n) is 12.8. The number of rotatable bonds is 5. The van der Waals surface area contributed by atoms with Crippen molar-refractivity contribution in [3.05, 3.63) is 59.4 Å². The van der Waals surface area contributed by atoms with Crippen molar-refractivity contribution in [1.82, 2.24) is 4.31 Å². The molecule has 0 saturated carbocycles. The zero-order valence-corrected chi connectivity index (χ0v) is 13.6. The second-order valence-electron chi connectivity index (χ2n) is 5.25. The summed E-state index contributed by atoms with van der Waals surface area (Å²) in [6.45, 7) is 2.30. The van der Waals surface area contributed by atoms with Crippen molar-refractivity contribution >= 4 is 15.7 Å². The largest absolute Gasteiger partial charge is 0.381 e. The van der Waals surface area contributed by atoms with Crippen LogP contribution in [0.25, 0.3) is 0 Å². The summed E-state index contributed by atoms with van der Waals surface area (Å²) in [5.41, 5.74) is 2.44. The van der Waals surface area contributed by atoms with E-state index in [2.05, 4.69) is 5.32 Å². The van der Waals surface area contributed by atoms with E-state index < -0.39 is 10.0 Å². The minimum absolute atomic E-state index is 0.243. The lowest BCUT2D eigenvalue weighted by Gasteiger charge is -2.13. The third kappa shape index (κ3) is 3.64. The van der Waals surface area contributed by atoms with Crippen LogP contribution < -0.4 is 5.32 Å². The molecule has 0 aliphatic heterocycles. The van der Waals surface area contributed by atoms with Crippen LogP contribution in [0.1, 0.15) is 11.1 Å². The van der Waals surface area contributed by atoms with Gasteiger partial charge in [-0.2, -0.15) is 0 Å². The summed E-state index contributed by atoms with van der Waals surface area (Å²) in [6.07, 6.45) is 0. The van der Waals surface area contributed by atoms with Crippen LogP contribution >= 0.6 is 0 Å². The molecular formula is C16H19FN2O2S. The molecule has 6 heteroatoms. The first-order valence-corrected chi connectivity index (χ1v) is 8.26. The summed E-state index contributed by atoms with van der Waals surface area (Å²) >= 11 is 0. The highest BCUT2D eigenvalue weighted by Crippen LogP contribution is 2.19. The van der Waals surface area contributed by atoms with E-state index in [9.17, 15) is 12.8 Å². The van der Waals surface area contributed by atoms with Crippen molar-refractivity contribution in [2.75, 3.05) is 19.4 Å². The van der Waals surface area contributed by atoms with Gasteiger partial charge in [0.2, 0.25) is 10.0 Å². The average Bonchev–Trinajstić information content (AvgIpc) is 2.48. The van der Waals surface area contributed by atoms with Gasteiger partial charge in [-0.25, -0.2) is 17.1 Å². The van der Waals surface area contributed by atoms with Crippen molar-refractivity contribution < 1.29 is 12.8 Å². The summed E-state index contributed by atoms with van der Waals surface area (Å²) in [5.74, 6) is -0.308. The number of anilines is 1. The summed E-state index contributed by atoms with van der Waals surface area (Å²) in [7, 11) is -0.459. The molecule has 0 radical (unpaired) electrons. The molecule has 2 rings (SSSR count). The third-order valence-electron chi connectivity index (χ3n) is 3.36. The molecule has 0 fully saturated rings. The first kappa shape index (κ1) is 16.5. The van der Waals surface area contributed by atoms with Gasteiger partial charge < -0.3 is 5.32 Å². The molecule has 0 unspecified atom stereocenters. The molecule has 0 heterocycles. The molecule has 0 amide bonds. The predicted octanol–water partition coefficient (Wildman–Crippen LogP) is 3.00. The van der Waals surface area contributed by atoms with E-state index in [1.54, 1.807) is 24.3 Å². The predicted molar refractivity (Wildman–Crippen MR) is 85.8 cm³/mol. The van der Waals surface area contributed by atoms with E-state index in [0.29, 0.717) is 12.2 Å². The zero-order chi connectivity index (χ0) is 16.3. The maximum atomic E-state index is 13.3. The molecule has 0 aliphatic carbocycles. The Morgan fingerprint density at radius 1 is 1.14 bits per heavy atom. The molecular weight excluding hydrogens is 303 g/mol. The Kier molecular flexibility index (Phi) is 4.83. The Hall–Kier alpha value is -1.92. The lowest BCUT2D eigenvalue weighted by Crippen LogP contribution is -2.22. The van der Waals surface area contributed by atoms with Gasteiger partial charge in [-0.1, -0.05) is 18.2 Å². The highest BCUT2D eigenvalue weighted by Gasteiger charge is 2.17. The molecule has 2 aromatic rings. The Balaban J connectivity index is 2.20. The van der Waals surface area contributed by atoms with E-state index in [1.165, 1.54) is 30.5 Å². The van der Waals surface area contributed by atoms with Crippen LogP contribution in [0.2, 0.25) is 0 Å². The number of halogens is 1. The summed E-state index contributed by atoms with van der Waals surface area (Å²) < 4.78 is 38.7. The van der Waals surface area contributed by atoms with Crippen LogP contribution in [0.5, 0.6) is 0 Å². The molecule has 2 aromatic carbocycles. The number of sulfonamides is 1. The Labute approximate surface area is 130 Å². The van der Waals surface area contributed by atoms with Gasteiger partial charge >= 0.3 is 0 Å². The van der Waals surface area contributed by atoms with Gasteiger partial charge in [0.1, 0.15) is 5.82 Å². The van der Waals surface area contributed by atoms with Gasteiger partial charge in [0.15, 0.2) is 0 Å². The van der Waals surface area contributed by atoms with E-state index in [4.69, 9.17) is 0 Å². The molecule has 4 nitrogen and oxygen atoms in total. The number of hydrogen-bond donors (Lipinski definition) is 1. The van der Waals surface area contributed by atoms with Crippen LogP contribution in [0.15, 0.2) is 47.4 Å². The van der Waals surface area contributed by atoms with Gasteiger partial charge in [0, 0.05) is 26.3 Å². The van der Waals surface area contributed by atoms with Gasteiger partial charge in [0.25, 0.3) is 0 Å². The normalized spacial score (nSPS) is 11.7. The van der Waals surface area contributed by atoms with Gasteiger partial charge in [-0.15, -0.1) is 0 Å². The number of benzene rings is 2. The summed E-state index contributed by atoms with van der Waals surface area (Å²) in [6, 6.07) is 11.2. The summed E-state index contributed by atoms with van der Waals surface area (Å²) in [4.78, 5) is 0.243. The maximum absolute atomic E-state index is 13.3. The molecule has 118 valence electrons. The number of nitrogens with zero attached hydrogens (tertiary/aromatic N) is 1. The standard InChI is InChI=1S/C16H19FN2O2S/c1-12-7-8-14(17)10-16(12)18-11-13-5-4-6-15(9-13)22(20,21)19(2)3/h4-10,18H,11H2,1-3H3. The summed E-state index contributed by atoms with van der Waals surface area (Å²) in [5, 5.41) is 3.13. The molecule has 0 aliphatic rings. The quantitative estimate of drug-likeness (QED) is 0.920. The fourth-order valence-corrected chi connectivity index (χ4v) is 2.98. The number of aryl methyl sites for hydroxylation is 1. The third-order valence-corrected chi connectivity index (χ3v) is 5.17. The smallest absolute Gasteiger partial charge is 0.242 e. The molecule has 1 N–H and O–H groups in total. The first-order chi connectivity index (χ1) is 10.3. The first-order valence-electron chi connectivity index (χ1n) is 6.82. The second-order valence-corrected chi connectivity index (χ2v) is 7.40. The van der Waals surface area contributed by atoms with E-state index >= 15 is 0 Å². The maximum Gasteiger partial charge on any atom is 0.242 e. The van der Waals surface area contributed by atoms with Crippen LogP contribution in [0, 0.1) is 12.7 Å². The lowest BCUT2D eigenvalue weighted by molar-refractivity contribution is 0.520.